The quantitative estimate of drug-likeness (QED) is 0.813. The van der Waals surface area contributed by atoms with Crippen molar-refractivity contribution in [2.45, 2.75) is 33.1 Å². The fourth-order valence-electron chi connectivity index (χ4n) is 1.70. The van der Waals surface area contributed by atoms with Gasteiger partial charge in [-0.05, 0) is 25.5 Å². The van der Waals surface area contributed by atoms with E-state index in [9.17, 15) is 9.59 Å². The summed E-state index contributed by atoms with van der Waals surface area (Å²) in [6.07, 6.45) is 3.02. The van der Waals surface area contributed by atoms with Crippen molar-refractivity contribution in [1.82, 2.24) is 15.5 Å². The van der Waals surface area contributed by atoms with E-state index in [2.05, 4.69) is 27.8 Å². The van der Waals surface area contributed by atoms with Gasteiger partial charge in [0.05, 0.1) is 11.4 Å². The second-order valence-electron chi connectivity index (χ2n) is 4.75. The van der Waals surface area contributed by atoms with Crippen molar-refractivity contribution in [3.63, 3.8) is 0 Å². The first-order valence-corrected chi connectivity index (χ1v) is 8.68. The molecule has 0 aliphatic rings. The molecule has 2 aromatic heterocycles. The fourth-order valence-corrected chi connectivity index (χ4v) is 3.28. The van der Waals surface area contributed by atoms with Crippen molar-refractivity contribution in [1.29, 1.82) is 0 Å². The number of carbonyl (C=O) groups is 2. The van der Waals surface area contributed by atoms with Gasteiger partial charge in [-0.25, -0.2) is 0 Å². The number of hydrogen-bond acceptors (Lipinski definition) is 6. The number of nitrogens with zero attached hydrogens (tertiary/aromatic N) is 2. The Bertz CT molecular complexity index is 651. The zero-order valence-electron chi connectivity index (χ0n) is 12.5. The summed E-state index contributed by atoms with van der Waals surface area (Å²) in [4.78, 5) is 25.3. The third-order valence-electron chi connectivity index (χ3n) is 2.83. The Balaban J connectivity index is 1.78. The highest BCUT2D eigenvalue weighted by Crippen LogP contribution is 2.17. The van der Waals surface area contributed by atoms with E-state index in [1.54, 1.807) is 6.07 Å². The highest BCUT2D eigenvalue weighted by molar-refractivity contribution is 7.15. The van der Waals surface area contributed by atoms with Crippen LogP contribution in [0.2, 0.25) is 0 Å². The minimum absolute atomic E-state index is 0.0837. The van der Waals surface area contributed by atoms with E-state index in [0.29, 0.717) is 10.0 Å². The van der Waals surface area contributed by atoms with Crippen molar-refractivity contribution in [3.05, 3.63) is 26.9 Å². The SMILES string of the molecule is CCCCc1nnc(NC(=O)CNC(=O)c2ccc(C)s2)s1. The number of amides is 2. The normalized spacial score (nSPS) is 10.5. The van der Waals surface area contributed by atoms with Gasteiger partial charge in [0.15, 0.2) is 0 Å². The van der Waals surface area contributed by atoms with E-state index in [1.807, 2.05) is 13.0 Å². The highest BCUT2D eigenvalue weighted by atomic mass is 32.1. The van der Waals surface area contributed by atoms with Crippen molar-refractivity contribution in [2.24, 2.45) is 0 Å². The number of carbonyl (C=O) groups excluding carboxylic acids is 2. The predicted octanol–water partition coefficient (Wildman–Crippen LogP) is 2.62. The monoisotopic (exact) mass is 338 g/mol. The van der Waals surface area contributed by atoms with Gasteiger partial charge in [-0.15, -0.1) is 21.5 Å². The number of hydrogen-bond donors (Lipinski definition) is 2. The van der Waals surface area contributed by atoms with Crippen LogP contribution in [0.1, 0.15) is 39.3 Å². The lowest BCUT2D eigenvalue weighted by Gasteiger charge is -2.03. The van der Waals surface area contributed by atoms with Crippen molar-refractivity contribution < 1.29 is 9.59 Å². The second kappa shape index (κ2) is 8.00. The molecule has 0 aromatic carbocycles. The number of unbranched alkanes of at least 4 members (excludes halogenated alkanes) is 1. The first kappa shape index (κ1) is 16.6. The van der Waals surface area contributed by atoms with E-state index >= 15 is 0 Å². The largest absolute Gasteiger partial charge is 0.342 e. The zero-order valence-corrected chi connectivity index (χ0v) is 14.1. The van der Waals surface area contributed by atoms with E-state index in [-0.39, 0.29) is 18.4 Å². The van der Waals surface area contributed by atoms with Crippen molar-refractivity contribution in [2.75, 3.05) is 11.9 Å². The molecule has 2 rings (SSSR count). The van der Waals surface area contributed by atoms with Gasteiger partial charge < -0.3 is 5.32 Å². The average Bonchev–Trinajstić information content (AvgIpc) is 3.11. The standard InChI is InChI=1S/C14H18N4O2S2/c1-3-4-5-12-17-18-14(22-12)16-11(19)8-15-13(20)10-7-6-9(2)21-10/h6-7H,3-5,8H2,1-2H3,(H,15,20)(H,16,18,19). The van der Waals surface area contributed by atoms with Crippen LogP contribution in [0.15, 0.2) is 12.1 Å². The molecule has 2 aromatic rings. The van der Waals surface area contributed by atoms with E-state index < -0.39 is 0 Å². The Morgan fingerprint density at radius 1 is 1.23 bits per heavy atom. The van der Waals surface area contributed by atoms with Crippen LogP contribution in [0.4, 0.5) is 5.13 Å². The van der Waals surface area contributed by atoms with Crippen LogP contribution < -0.4 is 10.6 Å². The molecule has 118 valence electrons. The Morgan fingerprint density at radius 3 is 2.73 bits per heavy atom. The number of thiophene rings is 1. The van der Waals surface area contributed by atoms with Crippen LogP contribution in [0, 0.1) is 6.92 Å². The lowest BCUT2D eigenvalue weighted by atomic mass is 10.3. The number of aryl methyl sites for hydroxylation is 2. The molecule has 2 amide bonds. The average molecular weight is 338 g/mol. The van der Waals surface area contributed by atoms with Crippen LogP contribution in [0.3, 0.4) is 0 Å². The molecule has 0 fully saturated rings. The molecule has 2 heterocycles. The number of anilines is 1. The van der Waals surface area contributed by atoms with Gasteiger partial charge in [-0.1, -0.05) is 24.7 Å². The van der Waals surface area contributed by atoms with Gasteiger partial charge in [0.1, 0.15) is 5.01 Å². The molecule has 0 saturated heterocycles. The lowest BCUT2D eigenvalue weighted by molar-refractivity contribution is -0.115. The molecule has 0 unspecified atom stereocenters. The third kappa shape index (κ3) is 4.88. The summed E-state index contributed by atoms with van der Waals surface area (Å²) >= 11 is 2.77. The smallest absolute Gasteiger partial charge is 0.261 e. The van der Waals surface area contributed by atoms with Gasteiger partial charge in [0.25, 0.3) is 5.91 Å². The molecule has 2 N–H and O–H groups in total. The molecule has 0 spiro atoms. The summed E-state index contributed by atoms with van der Waals surface area (Å²) < 4.78 is 0. The molecule has 6 nitrogen and oxygen atoms in total. The number of rotatable bonds is 7. The van der Waals surface area contributed by atoms with Gasteiger partial charge in [0.2, 0.25) is 11.0 Å². The molecular formula is C14H18N4O2S2. The summed E-state index contributed by atoms with van der Waals surface area (Å²) in [7, 11) is 0. The van der Waals surface area contributed by atoms with Crippen LogP contribution in [0.25, 0.3) is 0 Å². The molecule has 22 heavy (non-hydrogen) atoms. The Kier molecular flexibility index (Phi) is 6.02. The Labute approximate surface area is 137 Å². The first-order chi connectivity index (χ1) is 10.6. The summed E-state index contributed by atoms with van der Waals surface area (Å²) in [5, 5.41) is 14.6. The zero-order chi connectivity index (χ0) is 15.9. The minimum Gasteiger partial charge on any atom is -0.342 e. The fraction of sp³-hybridized carbons (Fsp3) is 0.429. The van der Waals surface area contributed by atoms with Gasteiger partial charge >= 0.3 is 0 Å². The summed E-state index contributed by atoms with van der Waals surface area (Å²) in [5.41, 5.74) is 0. The predicted molar refractivity (Wildman–Crippen MR) is 88.5 cm³/mol. The minimum atomic E-state index is -0.306. The topological polar surface area (TPSA) is 84.0 Å². The summed E-state index contributed by atoms with van der Waals surface area (Å²) in [5.74, 6) is -0.547. The van der Waals surface area contributed by atoms with Crippen molar-refractivity contribution in [3.8, 4) is 0 Å². The van der Waals surface area contributed by atoms with Gasteiger partial charge in [0, 0.05) is 11.3 Å². The maximum Gasteiger partial charge on any atom is 0.261 e. The Morgan fingerprint density at radius 2 is 2.05 bits per heavy atom. The molecular weight excluding hydrogens is 320 g/mol. The Hall–Kier alpha value is -1.80. The van der Waals surface area contributed by atoms with E-state index in [0.717, 1.165) is 29.1 Å². The molecule has 0 saturated carbocycles. The van der Waals surface area contributed by atoms with E-state index in [1.165, 1.54) is 22.7 Å². The molecule has 0 aliphatic heterocycles. The van der Waals surface area contributed by atoms with E-state index in [4.69, 9.17) is 0 Å². The molecule has 0 atom stereocenters. The summed E-state index contributed by atoms with van der Waals surface area (Å²) in [6.45, 7) is 3.96. The first-order valence-electron chi connectivity index (χ1n) is 7.05. The van der Waals surface area contributed by atoms with Crippen LogP contribution in [0.5, 0.6) is 0 Å². The maximum absolute atomic E-state index is 11.8. The van der Waals surface area contributed by atoms with Gasteiger partial charge in [-0.3, -0.25) is 14.9 Å². The third-order valence-corrected chi connectivity index (χ3v) is 4.73. The molecule has 0 aliphatic carbocycles. The van der Waals surface area contributed by atoms with Crippen LogP contribution in [-0.2, 0) is 11.2 Å². The molecule has 0 radical (unpaired) electrons. The number of aromatic nitrogens is 2. The molecule has 8 heteroatoms. The van der Waals surface area contributed by atoms with Crippen molar-refractivity contribution >= 4 is 39.6 Å². The lowest BCUT2D eigenvalue weighted by Crippen LogP contribution is -2.32. The molecule has 0 bridgehead atoms. The second-order valence-corrected chi connectivity index (χ2v) is 7.10. The maximum atomic E-state index is 11.8. The number of nitrogens with one attached hydrogen (secondary N) is 2. The van der Waals surface area contributed by atoms with Gasteiger partial charge in [-0.2, -0.15) is 0 Å². The van der Waals surface area contributed by atoms with Crippen LogP contribution in [-0.4, -0.2) is 28.6 Å². The highest BCUT2D eigenvalue weighted by Gasteiger charge is 2.11. The van der Waals surface area contributed by atoms with Crippen LogP contribution >= 0.6 is 22.7 Å². The summed E-state index contributed by atoms with van der Waals surface area (Å²) in [6, 6.07) is 3.62.